The van der Waals surface area contributed by atoms with Crippen LogP contribution in [0.2, 0.25) is 0 Å². The van der Waals surface area contributed by atoms with Crippen LogP contribution < -0.4 is 4.90 Å². The molecule has 0 fully saturated rings. The minimum atomic E-state index is -0.535. The van der Waals surface area contributed by atoms with Gasteiger partial charge in [-0.3, -0.25) is 0 Å². The van der Waals surface area contributed by atoms with Gasteiger partial charge in [0.05, 0.1) is 0 Å². The second kappa shape index (κ2) is 4.95. The zero-order chi connectivity index (χ0) is 13.1. The van der Waals surface area contributed by atoms with Gasteiger partial charge in [0, 0.05) is 25.0 Å². The van der Waals surface area contributed by atoms with Gasteiger partial charge < -0.3 is 4.74 Å². The van der Waals surface area contributed by atoms with Crippen molar-refractivity contribution in [2.75, 3.05) is 11.9 Å². The standard InChI is InChI=1S/C12H17N3O2/c1-6-9-7-13-10(14-8-9)15(5)11(16)17-12(2,3)4/h6-8H,1H2,2-5H3. The molecule has 0 bridgehead atoms. The number of carbonyl (C=O) groups is 1. The number of hydrogen-bond donors (Lipinski definition) is 0. The van der Waals surface area contributed by atoms with E-state index < -0.39 is 11.7 Å². The Bertz CT molecular complexity index is 407. The lowest BCUT2D eigenvalue weighted by Gasteiger charge is -2.23. The molecule has 0 atom stereocenters. The van der Waals surface area contributed by atoms with Crippen LogP contribution in [0.4, 0.5) is 10.7 Å². The van der Waals surface area contributed by atoms with Crippen molar-refractivity contribution in [1.82, 2.24) is 9.97 Å². The van der Waals surface area contributed by atoms with Crippen molar-refractivity contribution >= 4 is 18.1 Å². The van der Waals surface area contributed by atoms with Crippen molar-refractivity contribution in [3.63, 3.8) is 0 Å². The van der Waals surface area contributed by atoms with Crippen molar-refractivity contribution in [3.05, 3.63) is 24.5 Å². The molecule has 1 amide bonds. The Morgan fingerprint density at radius 2 is 1.94 bits per heavy atom. The molecule has 0 saturated heterocycles. The van der Waals surface area contributed by atoms with E-state index >= 15 is 0 Å². The first-order valence-corrected chi connectivity index (χ1v) is 5.24. The SMILES string of the molecule is C=Cc1cnc(N(C)C(=O)OC(C)(C)C)nc1. The molecule has 0 aliphatic rings. The van der Waals surface area contributed by atoms with Gasteiger partial charge >= 0.3 is 6.09 Å². The molecule has 1 heterocycles. The average molecular weight is 235 g/mol. The molecule has 17 heavy (non-hydrogen) atoms. The smallest absolute Gasteiger partial charge is 0.416 e. The Kier molecular flexibility index (Phi) is 3.83. The number of aromatic nitrogens is 2. The molecule has 0 aliphatic carbocycles. The fraction of sp³-hybridized carbons (Fsp3) is 0.417. The molecular formula is C12H17N3O2. The van der Waals surface area contributed by atoms with E-state index in [0.29, 0.717) is 5.95 Å². The quantitative estimate of drug-likeness (QED) is 0.790. The van der Waals surface area contributed by atoms with E-state index in [2.05, 4.69) is 16.5 Å². The molecule has 1 rings (SSSR count). The van der Waals surface area contributed by atoms with Crippen LogP contribution in [0.25, 0.3) is 6.08 Å². The van der Waals surface area contributed by atoms with Crippen molar-refractivity contribution in [2.45, 2.75) is 26.4 Å². The number of ether oxygens (including phenoxy) is 1. The maximum Gasteiger partial charge on any atom is 0.416 e. The summed E-state index contributed by atoms with van der Waals surface area (Å²) in [6.45, 7) is 9.02. The topological polar surface area (TPSA) is 55.3 Å². The molecule has 5 heteroatoms. The highest BCUT2D eigenvalue weighted by Gasteiger charge is 2.21. The van der Waals surface area contributed by atoms with Crippen LogP contribution in [-0.2, 0) is 4.74 Å². The van der Waals surface area contributed by atoms with E-state index in [0.717, 1.165) is 5.56 Å². The predicted octanol–water partition coefficient (Wildman–Crippen LogP) is 2.49. The van der Waals surface area contributed by atoms with Gasteiger partial charge in [-0.2, -0.15) is 0 Å². The molecular weight excluding hydrogens is 218 g/mol. The molecule has 1 aromatic heterocycles. The first-order valence-electron chi connectivity index (χ1n) is 5.24. The lowest BCUT2D eigenvalue weighted by atomic mass is 10.2. The number of anilines is 1. The van der Waals surface area contributed by atoms with Crippen molar-refractivity contribution in [2.24, 2.45) is 0 Å². The van der Waals surface area contributed by atoms with Gasteiger partial charge in [0.15, 0.2) is 0 Å². The van der Waals surface area contributed by atoms with Crippen LogP contribution in [0.5, 0.6) is 0 Å². The van der Waals surface area contributed by atoms with E-state index in [1.807, 2.05) is 0 Å². The molecule has 0 saturated carbocycles. The second-order valence-electron chi connectivity index (χ2n) is 4.56. The molecule has 5 nitrogen and oxygen atoms in total. The highest BCUT2D eigenvalue weighted by molar-refractivity contribution is 5.84. The summed E-state index contributed by atoms with van der Waals surface area (Å²) in [5, 5.41) is 0. The monoisotopic (exact) mass is 235 g/mol. The maximum atomic E-state index is 11.7. The van der Waals surface area contributed by atoms with E-state index in [1.165, 1.54) is 4.90 Å². The third-order valence-electron chi connectivity index (χ3n) is 1.86. The van der Waals surface area contributed by atoms with Crippen LogP contribution >= 0.6 is 0 Å². The van der Waals surface area contributed by atoms with Crippen LogP contribution in [0.3, 0.4) is 0 Å². The molecule has 0 radical (unpaired) electrons. The third-order valence-corrected chi connectivity index (χ3v) is 1.86. The van der Waals surface area contributed by atoms with Crippen molar-refractivity contribution < 1.29 is 9.53 Å². The Labute approximate surface area is 101 Å². The van der Waals surface area contributed by atoms with E-state index in [9.17, 15) is 4.79 Å². The highest BCUT2D eigenvalue weighted by Crippen LogP contribution is 2.12. The number of carbonyl (C=O) groups excluding carboxylic acids is 1. The maximum absolute atomic E-state index is 11.7. The molecule has 0 aromatic carbocycles. The molecule has 92 valence electrons. The summed E-state index contributed by atoms with van der Waals surface area (Å²) >= 11 is 0. The normalized spacial score (nSPS) is 10.8. The van der Waals surface area contributed by atoms with Gasteiger partial charge in [0.25, 0.3) is 0 Å². The van der Waals surface area contributed by atoms with Gasteiger partial charge in [0.1, 0.15) is 5.60 Å². The first-order chi connectivity index (χ1) is 7.83. The van der Waals surface area contributed by atoms with Crippen LogP contribution in [0, 0.1) is 0 Å². The summed E-state index contributed by atoms with van der Waals surface area (Å²) in [7, 11) is 1.57. The number of nitrogens with zero attached hydrogens (tertiary/aromatic N) is 3. The Morgan fingerprint density at radius 3 is 2.35 bits per heavy atom. The fourth-order valence-electron chi connectivity index (χ4n) is 1.02. The van der Waals surface area contributed by atoms with Crippen LogP contribution in [0.15, 0.2) is 19.0 Å². The average Bonchev–Trinajstić information content (AvgIpc) is 2.26. The minimum absolute atomic E-state index is 0.296. The lowest BCUT2D eigenvalue weighted by Crippen LogP contribution is -2.35. The molecule has 0 N–H and O–H groups in total. The Morgan fingerprint density at radius 1 is 1.41 bits per heavy atom. The minimum Gasteiger partial charge on any atom is -0.443 e. The molecule has 1 aromatic rings. The zero-order valence-corrected chi connectivity index (χ0v) is 10.6. The number of amides is 1. The summed E-state index contributed by atoms with van der Waals surface area (Å²) in [5.41, 5.74) is 0.262. The van der Waals surface area contributed by atoms with Gasteiger partial charge in [-0.15, -0.1) is 0 Å². The van der Waals surface area contributed by atoms with Gasteiger partial charge in [0.2, 0.25) is 5.95 Å². The van der Waals surface area contributed by atoms with Gasteiger partial charge in [-0.25, -0.2) is 19.7 Å². The molecule has 0 unspecified atom stereocenters. The predicted molar refractivity (Wildman–Crippen MR) is 66.8 cm³/mol. The summed E-state index contributed by atoms with van der Waals surface area (Å²) in [5.74, 6) is 0.296. The highest BCUT2D eigenvalue weighted by atomic mass is 16.6. The van der Waals surface area contributed by atoms with E-state index in [1.54, 1.807) is 46.3 Å². The van der Waals surface area contributed by atoms with Gasteiger partial charge in [-0.1, -0.05) is 12.7 Å². The molecule has 0 spiro atoms. The Hall–Kier alpha value is -1.91. The number of hydrogen-bond acceptors (Lipinski definition) is 4. The Balaban J connectivity index is 2.78. The largest absolute Gasteiger partial charge is 0.443 e. The first kappa shape index (κ1) is 13.2. The summed E-state index contributed by atoms with van der Waals surface area (Å²) in [6.07, 6.45) is 4.34. The number of rotatable bonds is 2. The van der Waals surface area contributed by atoms with Gasteiger partial charge in [-0.05, 0) is 20.8 Å². The van der Waals surface area contributed by atoms with Crippen LogP contribution in [-0.4, -0.2) is 28.7 Å². The van der Waals surface area contributed by atoms with E-state index in [4.69, 9.17) is 4.74 Å². The van der Waals surface area contributed by atoms with Crippen molar-refractivity contribution in [1.29, 1.82) is 0 Å². The second-order valence-corrected chi connectivity index (χ2v) is 4.56. The van der Waals surface area contributed by atoms with E-state index in [-0.39, 0.29) is 0 Å². The summed E-state index contributed by atoms with van der Waals surface area (Å²) in [6, 6.07) is 0. The lowest BCUT2D eigenvalue weighted by molar-refractivity contribution is 0.0587. The zero-order valence-electron chi connectivity index (χ0n) is 10.6. The third kappa shape index (κ3) is 3.86. The van der Waals surface area contributed by atoms with Crippen molar-refractivity contribution in [3.8, 4) is 0 Å². The summed E-state index contributed by atoms with van der Waals surface area (Å²) in [4.78, 5) is 21.1. The van der Waals surface area contributed by atoms with Crippen LogP contribution in [0.1, 0.15) is 26.3 Å². The fourth-order valence-corrected chi connectivity index (χ4v) is 1.02. The summed E-state index contributed by atoms with van der Waals surface area (Å²) < 4.78 is 5.20. The molecule has 0 aliphatic heterocycles.